The largest absolute Gasteiger partial charge is 0.329 e. The second-order valence-electron chi connectivity index (χ2n) is 8.05. The number of aryl methyl sites for hydroxylation is 2. The first-order valence-electron chi connectivity index (χ1n) is 9.42. The van der Waals surface area contributed by atoms with Crippen LogP contribution in [0.2, 0.25) is 0 Å². The third-order valence-electron chi connectivity index (χ3n) is 6.41. The number of amides is 1. The summed E-state index contributed by atoms with van der Waals surface area (Å²) in [6, 6.07) is 5.62. The minimum Gasteiger partial charge on any atom is -0.329 e. The van der Waals surface area contributed by atoms with Gasteiger partial charge in [-0.15, -0.1) is 0 Å². The lowest BCUT2D eigenvalue weighted by molar-refractivity contribution is -0.00126. The number of nitrogens with one attached hydrogen (secondary N) is 1. The smallest absolute Gasteiger partial charge is 0.271 e. The molecule has 3 aliphatic carbocycles. The van der Waals surface area contributed by atoms with Crippen molar-refractivity contribution in [3.8, 4) is 0 Å². The van der Waals surface area contributed by atoms with Crippen molar-refractivity contribution in [3.05, 3.63) is 41.2 Å². The van der Waals surface area contributed by atoms with Crippen LogP contribution in [0.3, 0.4) is 0 Å². The van der Waals surface area contributed by atoms with E-state index in [1.807, 2.05) is 31.3 Å². The number of rotatable bonds is 4. The number of fused-ring (bicyclic) bond motifs is 2. The van der Waals surface area contributed by atoms with Crippen LogP contribution >= 0.6 is 0 Å². The van der Waals surface area contributed by atoms with Crippen molar-refractivity contribution < 1.29 is 4.79 Å². The first-order chi connectivity index (χ1) is 12.4. The van der Waals surface area contributed by atoms with Gasteiger partial charge in [-0.3, -0.25) is 4.79 Å². The number of carbonyl (C=O) groups excluding carboxylic acids is 1. The first kappa shape index (κ1) is 17.0. The summed E-state index contributed by atoms with van der Waals surface area (Å²) in [5.41, 5.74) is 6.77. The Morgan fingerprint density at radius 2 is 2.27 bits per heavy atom. The highest BCUT2D eigenvalue weighted by atomic mass is 16.2. The van der Waals surface area contributed by atoms with Gasteiger partial charge in [0.15, 0.2) is 0 Å². The van der Waals surface area contributed by atoms with Crippen LogP contribution in [0, 0.1) is 24.2 Å². The van der Waals surface area contributed by atoms with E-state index >= 15 is 0 Å². The van der Waals surface area contributed by atoms with Crippen LogP contribution in [0.4, 0.5) is 0 Å². The normalized spacial score (nSPS) is 23.8. The van der Waals surface area contributed by atoms with E-state index < -0.39 is 0 Å². The Morgan fingerprint density at radius 1 is 1.46 bits per heavy atom. The number of benzene rings is 1. The van der Waals surface area contributed by atoms with Crippen molar-refractivity contribution in [2.45, 2.75) is 47.1 Å². The van der Waals surface area contributed by atoms with Crippen molar-refractivity contribution in [3.63, 3.8) is 0 Å². The molecule has 5 rings (SSSR count). The standard InChI is InChI=1S/C21H26N4O/c1-5-25-13(2)23-18-10-14(7-9-19(18)25)20(26)24-22-12-15-6-8-16-11-17(15)21(16,3)4/h6-7,9-10,12,16-17H,5,8,11H2,1-4H3,(H,24,26). The summed E-state index contributed by atoms with van der Waals surface area (Å²) >= 11 is 0. The minimum absolute atomic E-state index is 0.200. The molecule has 26 heavy (non-hydrogen) atoms. The average molecular weight is 350 g/mol. The summed E-state index contributed by atoms with van der Waals surface area (Å²) < 4.78 is 2.14. The van der Waals surface area contributed by atoms with Gasteiger partial charge in [-0.25, -0.2) is 10.4 Å². The van der Waals surface area contributed by atoms with Gasteiger partial charge in [0.25, 0.3) is 5.91 Å². The zero-order valence-electron chi connectivity index (χ0n) is 15.9. The molecule has 1 aromatic heterocycles. The number of allylic oxidation sites excluding steroid dienone is 2. The SMILES string of the molecule is CCn1c(C)nc2cc(C(=O)NN=CC3=CCC4CC3C4(C)C)ccc21. The highest BCUT2D eigenvalue weighted by Crippen LogP contribution is 2.58. The van der Waals surface area contributed by atoms with E-state index in [4.69, 9.17) is 0 Å². The summed E-state index contributed by atoms with van der Waals surface area (Å²) in [4.78, 5) is 17.0. The maximum absolute atomic E-state index is 12.4. The molecule has 2 atom stereocenters. The average Bonchev–Trinajstić information content (AvgIpc) is 2.95. The molecule has 3 aliphatic rings. The second kappa shape index (κ2) is 6.08. The fourth-order valence-electron chi connectivity index (χ4n) is 4.57. The molecule has 1 N–H and O–H groups in total. The fourth-order valence-corrected chi connectivity index (χ4v) is 4.57. The Hall–Kier alpha value is -2.43. The molecular weight excluding hydrogens is 324 g/mol. The highest BCUT2D eigenvalue weighted by molar-refractivity contribution is 5.98. The third-order valence-corrected chi connectivity index (χ3v) is 6.41. The molecule has 136 valence electrons. The summed E-state index contributed by atoms with van der Waals surface area (Å²) in [6.45, 7) is 9.61. The summed E-state index contributed by atoms with van der Waals surface area (Å²) in [5.74, 6) is 2.13. The second-order valence-corrected chi connectivity index (χ2v) is 8.05. The van der Waals surface area contributed by atoms with E-state index in [1.54, 1.807) is 0 Å². The van der Waals surface area contributed by atoms with Gasteiger partial charge in [-0.1, -0.05) is 19.9 Å². The Morgan fingerprint density at radius 3 is 2.96 bits per heavy atom. The van der Waals surface area contributed by atoms with Gasteiger partial charge < -0.3 is 4.57 Å². The van der Waals surface area contributed by atoms with Crippen molar-refractivity contribution in [1.29, 1.82) is 0 Å². The van der Waals surface area contributed by atoms with E-state index in [0.717, 1.165) is 35.7 Å². The summed E-state index contributed by atoms with van der Waals surface area (Å²) in [6.07, 6.45) is 6.46. The Kier molecular flexibility index (Phi) is 3.98. The fraction of sp³-hybridized carbons (Fsp3) is 0.476. The molecule has 2 aromatic rings. The molecule has 0 radical (unpaired) electrons. The Bertz CT molecular complexity index is 935. The molecule has 0 spiro atoms. The van der Waals surface area contributed by atoms with Crippen LogP contribution < -0.4 is 5.43 Å². The minimum atomic E-state index is -0.200. The molecule has 1 fully saturated rings. The quantitative estimate of drug-likeness (QED) is 0.667. The molecular formula is C21H26N4O. The number of carbonyl (C=O) groups is 1. The van der Waals surface area contributed by atoms with Crippen LogP contribution in [0.5, 0.6) is 0 Å². The van der Waals surface area contributed by atoms with E-state index in [-0.39, 0.29) is 5.91 Å². The molecule has 5 nitrogen and oxygen atoms in total. The number of nitrogens with zero attached hydrogens (tertiary/aromatic N) is 3. The molecule has 0 aliphatic heterocycles. The van der Waals surface area contributed by atoms with Crippen LogP contribution in [0.1, 0.15) is 49.8 Å². The molecule has 0 saturated heterocycles. The topological polar surface area (TPSA) is 59.3 Å². The van der Waals surface area contributed by atoms with Gasteiger partial charge >= 0.3 is 0 Å². The summed E-state index contributed by atoms with van der Waals surface area (Å²) in [5, 5.41) is 4.21. The molecule has 1 amide bonds. The third kappa shape index (κ3) is 2.57. The Balaban J connectivity index is 1.47. The van der Waals surface area contributed by atoms with Crippen LogP contribution in [-0.4, -0.2) is 21.7 Å². The first-order valence-corrected chi connectivity index (χ1v) is 9.42. The van der Waals surface area contributed by atoms with Gasteiger partial charge in [0.1, 0.15) is 5.82 Å². The molecule has 2 unspecified atom stereocenters. The van der Waals surface area contributed by atoms with Gasteiger partial charge in [-0.05, 0) is 67.7 Å². The molecule has 1 heterocycles. The number of hydrogen-bond acceptors (Lipinski definition) is 3. The predicted octanol–water partition coefficient (Wildman–Crippen LogP) is 4.07. The van der Waals surface area contributed by atoms with E-state index in [1.165, 1.54) is 12.0 Å². The molecule has 5 heteroatoms. The summed E-state index contributed by atoms with van der Waals surface area (Å²) in [7, 11) is 0. The van der Waals surface area contributed by atoms with Crippen molar-refractivity contribution >= 4 is 23.2 Å². The van der Waals surface area contributed by atoms with E-state index in [2.05, 4.69) is 46.9 Å². The number of aromatic nitrogens is 2. The van der Waals surface area contributed by atoms with Crippen molar-refractivity contribution in [2.24, 2.45) is 22.4 Å². The van der Waals surface area contributed by atoms with Crippen LogP contribution in [0.25, 0.3) is 11.0 Å². The number of hydrazone groups is 1. The van der Waals surface area contributed by atoms with E-state index in [0.29, 0.717) is 16.9 Å². The lowest BCUT2D eigenvalue weighted by Gasteiger charge is -2.55. The predicted molar refractivity (Wildman–Crippen MR) is 104 cm³/mol. The van der Waals surface area contributed by atoms with Crippen molar-refractivity contribution in [2.75, 3.05) is 0 Å². The van der Waals surface area contributed by atoms with Gasteiger partial charge in [-0.2, -0.15) is 5.10 Å². The molecule has 1 saturated carbocycles. The number of hydrogen-bond donors (Lipinski definition) is 1. The molecule has 2 bridgehead atoms. The van der Waals surface area contributed by atoms with Gasteiger partial charge in [0.05, 0.1) is 17.2 Å². The lowest BCUT2D eigenvalue weighted by atomic mass is 9.49. The van der Waals surface area contributed by atoms with Crippen LogP contribution in [-0.2, 0) is 6.54 Å². The van der Waals surface area contributed by atoms with Crippen LogP contribution in [0.15, 0.2) is 34.9 Å². The zero-order chi connectivity index (χ0) is 18.5. The van der Waals surface area contributed by atoms with Gasteiger partial charge in [0, 0.05) is 12.1 Å². The maximum atomic E-state index is 12.4. The molecule has 1 aromatic carbocycles. The lowest BCUT2D eigenvalue weighted by Crippen LogP contribution is -2.48. The highest BCUT2D eigenvalue weighted by Gasteiger charge is 2.50. The maximum Gasteiger partial charge on any atom is 0.271 e. The number of imidazole rings is 1. The Labute approximate surface area is 154 Å². The van der Waals surface area contributed by atoms with Gasteiger partial charge in [0.2, 0.25) is 0 Å². The van der Waals surface area contributed by atoms with Crippen molar-refractivity contribution in [1.82, 2.24) is 15.0 Å². The monoisotopic (exact) mass is 350 g/mol. The van der Waals surface area contributed by atoms with E-state index in [9.17, 15) is 4.79 Å². The zero-order valence-corrected chi connectivity index (χ0v) is 15.9.